The number of hydrogen-bond acceptors (Lipinski definition) is 3. The van der Waals surface area contributed by atoms with Crippen molar-refractivity contribution in [3.05, 3.63) is 11.4 Å². The van der Waals surface area contributed by atoms with Gasteiger partial charge in [0.05, 0.1) is 5.69 Å². The normalized spacial score (nSPS) is 10.9. The van der Waals surface area contributed by atoms with Crippen molar-refractivity contribution in [3.63, 3.8) is 0 Å². The van der Waals surface area contributed by atoms with E-state index in [2.05, 4.69) is 10.3 Å². The molecular formula is C8H11F2N3O. The molecule has 14 heavy (non-hydrogen) atoms. The molecule has 0 radical (unpaired) electrons. The lowest BCUT2D eigenvalue weighted by atomic mass is 10.2. The van der Waals surface area contributed by atoms with Crippen LogP contribution in [0, 0.1) is 0 Å². The van der Waals surface area contributed by atoms with Crippen LogP contribution in [0.2, 0.25) is 0 Å². The highest BCUT2D eigenvalue weighted by molar-refractivity contribution is 5.73. The molecule has 4 nitrogen and oxygen atoms in total. The molecular weight excluding hydrogens is 192 g/mol. The molecule has 0 atom stereocenters. The second-order valence-electron chi connectivity index (χ2n) is 2.86. The van der Waals surface area contributed by atoms with Crippen molar-refractivity contribution in [2.75, 3.05) is 0 Å². The Balaban J connectivity index is 2.91. The number of carbonyl (C=O) groups is 1. The molecule has 0 spiro atoms. The molecule has 0 fully saturated rings. The van der Waals surface area contributed by atoms with Crippen LogP contribution in [-0.2, 0) is 13.0 Å². The number of alkyl halides is 2. The summed E-state index contributed by atoms with van der Waals surface area (Å²) in [5.74, 6) is 0. The van der Waals surface area contributed by atoms with E-state index in [1.54, 1.807) is 0 Å². The van der Waals surface area contributed by atoms with Gasteiger partial charge in [0.15, 0.2) is 6.29 Å². The number of nitrogens with zero attached hydrogens (tertiary/aromatic N) is 3. The zero-order chi connectivity index (χ0) is 10.6. The minimum absolute atomic E-state index is 0.160. The van der Waals surface area contributed by atoms with E-state index in [-0.39, 0.29) is 5.69 Å². The van der Waals surface area contributed by atoms with E-state index in [0.717, 1.165) is 11.1 Å². The maximum absolute atomic E-state index is 12.1. The van der Waals surface area contributed by atoms with Crippen LogP contribution >= 0.6 is 0 Å². The minimum Gasteiger partial charge on any atom is -0.296 e. The van der Waals surface area contributed by atoms with Crippen LogP contribution in [0.3, 0.4) is 0 Å². The highest BCUT2D eigenvalue weighted by atomic mass is 19.3. The van der Waals surface area contributed by atoms with E-state index in [0.29, 0.717) is 18.4 Å². The first kappa shape index (κ1) is 10.7. The van der Waals surface area contributed by atoms with Crippen molar-refractivity contribution in [2.45, 2.75) is 32.7 Å². The van der Waals surface area contributed by atoms with Crippen LogP contribution in [0.1, 0.15) is 29.5 Å². The molecule has 6 heteroatoms. The third kappa shape index (κ3) is 2.34. The number of halogens is 2. The molecule has 0 saturated heterocycles. The van der Waals surface area contributed by atoms with E-state index in [4.69, 9.17) is 0 Å². The number of rotatable bonds is 5. The Morgan fingerprint density at radius 2 is 2.29 bits per heavy atom. The van der Waals surface area contributed by atoms with E-state index >= 15 is 0 Å². The topological polar surface area (TPSA) is 47.8 Å². The fourth-order valence-corrected chi connectivity index (χ4v) is 1.21. The fraction of sp³-hybridized carbons (Fsp3) is 0.625. The number of aromatic nitrogens is 3. The van der Waals surface area contributed by atoms with Crippen molar-refractivity contribution >= 4 is 6.29 Å². The SMILES string of the molecule is CCCc1c(C=O)nnn1CC(F)F. The molecule has 0 amide bonds. The summed E-state index contributed by atoms with van der Waals surface area (Å²) in [6, 6.07) is 0. The molecule has 0 unspecified atom stereocenters. The van der Waals surface area contributed by atoms with E-state index < -0.39 is 13.0 Å². The predicted molar refractivity (Wildman–Crippen MR) is 45.4 cm³/mol. The van der Waals surface area contributed by atoms with Gasteiger partial charge in [-0.05, 0) is 6.42 Å². The van der Waals surface area contributed by atoms with E-state index in [1.165, 1.54) is 0 Å². The highest BCUT2D eigenvalue weighted by Gasteiger charge is 2.14. The standard InChI is InChI=1S/C8H11F2N3O/c1-2-3-7-6(5-14)11-12-13(7)4-8(9)10/h5,8H,2-4H2,1H3. The molecule has 0 bridgehead atoms. The Hall–Kier alpha value is -1.33. The Morgan fingerprint density at radius 1 is 1.57 bits per heavy atom. The molecule has 78 valence electrons. The van der Waals surface area contributed by atoms with Crippen molar-refractivity contribution < 1.29 is 13.6 Å². The molecule has 1 heterocycles. The summed E-state index contributed by atoms with van der Waals surface area (Å²) < 4.78 is 25.2. The van der Waals surface area contributed by atoms with Crippen LogP contribution in [0.4, 0.5) is 8.78 Å². The highest BCUT2D eigenvalue weighted by Crippen LogP contribution is 2.08. The first-order chi connectivity index (χ1) is 6.69. The molecule has 0 N–H and O–H groups in total. The monoisotopic (exact) mass is 203 g/mol. The van der Waals surface area contributed by atoms with Crippen LogP contribution in [0.15, 0.2) is 0 Å². The third-order valence-electron chi connectivity index (χ3n) is 1.78. The summed E-state index contributed by atoms with van der Waals surface area (Å²) in [5.41, 5.74) is 0.648. The second kappa shape index (κ2) is 4.78. The van der Waals surface area contributed by atoms with Gasteiger partial charge >= 0.3 is 0 Å². The maximum atomic E-state index is 12.1. The zero-order valence-electron chi connectivity index (χ0n) is 7.78. The molecule has 0 aromatic carbocycles. The van der Waals surface area contributed by atoms with Gasteiger partial charge in [0, 0.05) is 0 Å². The van der Waals surface area contributed by atoms with Crippen molar-refractivity contribution in [1.82, 2.24) is 15.0 Å². The number of aldehydes is 1. The average molecular weight is 203 g/mol. The Kier molecular flexibility index (Phi) is 3.67. The van der Waals surface area contributed by atoms with Gasteiger partial charge in [-0.25, -0.2) is 13.5 Å². The average Bonchev–Trinajstić information content (AvgIpc) is 2.48. The van der Waals surface area contributed by atoms with Gasteiger partial charge in [0.25, 0.3) is 6.43 Å². The van der Waals surface area contributed by atoms with Gasteiger partial charge in [-0.1, -0.05) is 18.6 Å². The largest absolute Gasteiger partial charge is 0.296 e. The maximum Gasteiger partial charge on any atom is 0.257 e. The van der Waals surface area contributed by atoms with Crippen LogP contribution in [0.25, 0.3) is 0 Å². The summed E-state index contributed by atoms with van der Waals surface area (Å²) >= 11 is 0. The van der Waals surface area contributed by atoms with Crippen molar-refractivity contribution in [1.29, 1.82) is 0 Å². The third-order valence-corrected chi connectivity index (χ3v) is 1.78. The summed E-state index contributed by atoms with van der Waals surface area (Å²) in [5, 5.41) is 7.02. The van der Waals surface area contributed by atoms with Gasteiger partial charge in [-0.3, -0.25) is 4.79 Å². The molecule has 1 rings (SSSR count). The molecule has 0 aliphatic carbocycles. The molecule has 0 saturated carbocycles. The van der Waals surface area contributed by atoms with Crippen LogP contribution < -0.4 is 0 Å². The van der Waals surface area contributed by atoms with Crippen LogP contribution in [-0.4, -0.2) is 27.7 Å². The van der Waals surface area contributed by atoms with Crippen molar-refractivity contribution in [3.8, 4) is 0 Å². The Labute approximate surface area is 79.9 Å². The lowest BCUT2D eigenvalue weighted by Gasteiger charge is -2.04. The predicted octanol–water partition coefficient (Wildman–Crippen LogP) is 1.31. The second-order valence-corrected chi connectivity index (χ2v) is 2.86. The van der Waals surface area contributed by atoms with Gasteiger partial charge in [0.2, 0.25) is 0 Å². The van der Waals surface area contributed by atoms with Gasteiger partial charge in [0.1, 0.15) is 12.2 Å². The Bertz CT molecular complexity index is 312. The fourth-order valence-electron chi connectivity index (χ4n) is 1.21. The minimum atomic E-state index is -2.48. The summed E-state index contributed by atoms with van der Waals surface area (Å²) in [7, 11) is 0. The number of carbonyl (C=O) groups excluding carboxylic acids is 1. The van der Waals surface area contributed by atoms with Gasteiger partial charge in [-0.15, -0.1) is 5.10 Å². The zero-order valence-corrected chi connectivity index (χ0v) is 7.78. The molecule has 0 aliphatic heterocycles. The van der Waals surface area contributed by atoms with Gasteiger partial charge in [-0.2, -0.15) is 0 Å². The van der Waals surface area contributed by atoms with E-state index in [9.17, 15) is 13.6 Å². The van der Waals surface area contributed by atoms with Crippen LogP contribution in [0.5, 0.6) is 0 Å². The lowest BCUT2D eigenvalue weighted by Crippen LogP contribution is -2.12. The summed E-state index contributed by atoms with van der Waals surface area (Å²) in [6.07, 6.45) is -0.641. The van der Waals surface area contributed by atoms with Gasteiger partial charge < -0.3 is 0 Å². The molecule has 1 aromatic rings. The quantitative estimate of drug-likeness (QED) is 0.678. The molecule has 0 aliphatic rings. The Morgan fingerprint density at radius 3 is 2.79 bits per heavy atom. The first-order valence-corrected chi connectivity index (χ1v) is 4.34. The number of hydrogen-bond donors (Lipinski definition) is 0. The first-order valence-electron chi connectivity index (χ1n) is 4.34. The lowest BCUT2D eigenvalue weighted by molar-refractivity contribution is 0.111. The van der Waals surface area contributed by atoms with E-state index in [1.807, 2.05) is 6.92 Å². The summed E-state index contributed by atoms with van der Waals surface area (Å²) in [6.45, 7) is 1.39. The van der Waals surface area contributed by atoms with Crippen molar-refractivity contribution in [2.24, 2.45) is 0 Å². The molecule has 1 aromatic heterocycles. The summed E-state index contributed by atoms with van der Waals surface area (Å²) in [4.78, 5) is 10.5. The smallest absolute Gasteiger partial charge is 0.257 e.